The van der Waals surface area contributed by atoms with E-state index in [0.29, 0.717) is 30.6 Å². The maximum absolute atomic E-state index is 14.2. The summed E-state index contributed by atoms with van der Waals surface area (Å²) < 4.78 is 21.6. The molecule has 0 bridgehead atoms. The van der Waals surface area contributed by atoms with Crippen molar-refractivity contribution in [2.75, 3.05) is 20.2 Å². The van der Waals surface area contributed by atoms with Crippen LogP contribution in [0, 0.1) is 5.92 Å². The van der Waals surface area contributed by atoms with E-state index in [2.05, 4.69) is 31.6 Å². The van der Waals surface area contributed by atoms with Crippen LogP contribution in [0.15, 0.2) is 29.3 Å². The fourth-order valence-electron chi connectivity index (χ4n) is 6.23. The Morgan fingerprint density at radius 1 is 0.652 bits per heavy atom. The first-order chi connectivity index (χ1) is 30.5. The summed E-state index contributed by atoms with van der Waals surface area (Å²) in [5.74, 6) is -4.01. The fourth-order valence-corrected chi connectivity index (χ4v) is 6.23. The number of rotatable bonds is 26. The highest BCUT2D eigenvalue weighted by Crippen LogP contribution is 2.20. The lowest BCUT2D eigenvalue weighted by atomic mass is 10.00. The van der Waals surface area contributed by atoms with Gasteiger partial charge in [0.2, 0.25) is 23.6 Å². The molecule has 5 amide bonds. The topological polar surface area (TPSA) is 307 Å². The number of unbranched alkanes of at least 4 members (excludes halogenated alkanes) is 1. The van der Waals surface area contributed by atoms with E-state index in [1.807, 2.05) is 20.8 Å². The van der Waals surface area contributed by atoms with Crippen LogP contribution in [0.5, 0.6) is 5.75 Å². The maximum Gasteiger partial charge on any atom is 0.407 e. The minimum Gasteiger partial charge on any atom is -0.488 e. The zero-order valence-corrected chi connectivity index (χ0v) is 41.2. The number of ether oxygens (including phenoxy) is 4. The average molecular weight is 934 g/mol. The number of carbonyl (C=O) groups excluding carboxylic acids is 7. The Morgan fingerprint density at radius 2 is 1.20 bits per heavy atom. The second kappa shape index (κ2) is 27.7. The van der Waals surface area contributed by atoms with Crippen molar-refractivity contribution in [1.29, 1.82) is 0 Å². The molecule has 0 aromatic heterocycles. The fraction of sp³-hybridized carbons (Fsp3) is 0.696. The summed E-state index contributed by atoms with van der Waals surface area (Å²) in [6.45, 7) is 20.0. The van der Waals surface area contributed by atoms with Crippen LogP contribution in [-0.4, -0.2) is 115 Å². The molecule has 0 aliphatic heterocycles. The normalized spacial score (nSPS) is 14.0. The highest BCUT2D eigenvalue weighted by atomic mass is 16.6. The number of hydrogen-bond acceptors (Lipinski definition) is 13. The number of aliphatic imine (C=N–C) groups is 1. The third kappa shape index (κ3) is 25.7. The maximum atomic E-state index is 14.2. The number of alkyl carbamates (subject to hydrolysis) is 1. The molecule has 0 aliphatic rings. The quantitative estimate of drug-likeness (QED) is 0.0218. The van der Waals surface area contributed by atoms with Crippen molar-refractivity contribution in [2.45, 2.75) is 181 Å². The van der Waals surface area contributed by atoms with Gasteiger partial charge in [0, 0.05) is 25.9 Å². The molecule has 0 spiro atoms. The van der Waals surface area contributed by atoms with Gasteiger partial charge in [-0.3, -0.25) is 29.0 Å². The SMILES string of the molecule is COC(=O)[C@H](Cc1ccc(OC(C)(C)C)cc1)NC(=O)[C@@H](NC(=O)[C@@H](CCCC(=O)OC(C)(C)C)NC(=O)[C@H](CCCCNC(=O)OC(C)(C)C)NC(=O)[C@@H](N)CCCN=C(N)N)C(C)C. The Bertz CT molecular complexity index is 1760. The third-order valence-electron chi connectivity index (χ3n) is 9.29. The van der Waals surface area contributed by atoms with E-state index in [-0.39, 0.29) is 57.6 Å². The monoisotopic (exact) mass is 934 g/mol. The lowest BCUT2D eigenvalue weighted by molar-refractivity contribution is -0.155. The van der Waals surface area contributed by atoms with E-state index in [1.54, 1.807) is 79.7 Å². The molecule has 5 atom stereocenters. The largest absolute Gasteiger partial charge is 0.488 e. The first kappa shape index (κ1) is 58.4. The Morgan fingerprint density at radius 3 is 1.73 bits per heavy atom. The van der Waals surface area contributed by atoms with Crippen LogP contribution in [-0.2, 0) is 49.4 Å². The summed E-state index contributed by atoms with van der Waals surface area (Å²) in [6.07, 6.45) is 0.812. The lowest BCUT2D eigenvalue weighted by Gasteiger charge is -2.28. The van der Waals surface area contributed by atoms with Gasteiger partial charge in [-0.25, -0.2) is 9.59 Å². The summed E-state index contributed by atoms with van der Waals surface area (Å²) in [6, 6.07) is 1.22. The number of benzene rings is 1. The van der Waals surface area contributed by atoms with Gasteiger partial charge in [0.1, 0.15) is 46.7 Å². The summed E-state index contributed by atoms with van der Waals surface area (Å²) in [5, 5.41) is 13.5. The van der Waals surface area contributed by atoms with Gasteiger partial charge < -0.3 is 62.7 Å². The summed E-state index contributed by atoms with van der Waals surface area (Å²) in [7, 11) is 1.20. The van der Waals surface area contributed by atoms with Crippen molar-refractivity contribution in [3.8, 4) is 5.75 Å². The highest BCUT2D eigenvalue weighted by molar-refractivity contribution is 5.95. The van der Waals surface area contributed by atoms with Gasteiger partial charge in [-0.1, -0.05) is 26.0 Å². The molecule has 20 heteroatoms. The number of guanidine groups is 1. The zero-order chi connectivity index (χ0) is 50.4. The Kier molecular flexibility index (Phi) is 24.5. The van der Waals surface area contributed by atoms with Crippen LogP contribution in [0.4, 0.5) is 4.79 Å². The van der Waals surface area contributed by atoms with Gasteiger partial charge in [0.25, 0.3) is 0 Å². The molecule has 0 saturated carbocycles. The first-order valence-electron chi connectivity index (χ1n) is 22.6. The molecule has 11 N–H and O–H groups in total. The molecule has 1 rings (SSSR count). The molecule has 0 saturated heterocycles. The number of amides is 5. The van der Waals surface area contributed by atoms with Crippen molar-refractivity contribution < 1.29 is 52.5 Å². The predicted octanol–water partition coefficient (Wildman–Crippen LogP) is 2.76. The summed E-state index contributed by atoms with van der Waals surface area (Å²) in [5.41, 5.74) is 15.8. The second-order valence-corrected chi connectivity index (χ2v) is 19.5. The van der Waals surface area contributed by atoms with Crippen LogP contribution in [0.25, 0.3) is 0 Å². The van der Waals surface area contributed by atoms with Gasteiger partial charge in [0.05, 0.1) is 13.2 Å². The molecule has 0 aliphatic carbocycles. The number of nitrogens with two attached hydrogens (primary N) is 3. The van der Waals surface area contributed by atoms with E-state index in [4.69, 9.17) is 36.1 Å². The number of nitrogens with zero attached hydrogens (tertiary/aromatic N) is 1. The van der Waals surface area contributed by atoms with Crippen molar-refractivity contribution in [2.24, 2.45) is 28.1 Å². The number of nitrogens with one attached hydrogen (secondary N) is 5. The Balaban J connectivity index is 3.39. The van der Waals surface area contributed by atoms with E-state index in [1.165, 1.54) is 7.11 Å². The standard InChI is InChI=1S/C46H79N9O11/c1-28(2)36(40(60)54-34(41(61)63-12)27-29-21-23-30(24-22-29)64-44(3,4)5)55-39(59)33(19-15-20-35(56)65-45(6,7)8)53-38(58)32(18-13-14-25-51-43(62)66-46(9,10)11)52-37(57)31(47)17-16-26-50-42(48)49/h21-24,28,31-34,36H,13-20,25-27,47H2,1-12H3,(H,51,62)(H,52,57)(H,53,58)(H,54,60)(H,55,59)(H4,48,49,50)/t31-,32-,33+,34-,36-/m0/s1. The first-order valence-corrected chi connectivity index (χ1v) is 22.6. The number of carbonyl (C=O) groups is 7. The van der Waals surface area contributed by atoms with E-state index in [9.17, 15) is 33.6 Å². The minimum atomic E-state index is -1.30. The minimum absolute atomic E-state index is 0.0618. The zero-order valence-electron chi connectivity index (χ0n) is 41.2. The van der Waals surface area contributed by atoms with Crippen molar-refractivity contribution in [1.82, 2.24) is 26.6 Å². The number of esters is 2. The van der Waals surface area contributed by atoms with Gasteiger partial charge in [-0.2, -0.15) is 0 Å². The van der Waals surface area contributed by atoms with Crippen LogP contribution < -0.4 is 48.5 Å². The molecule has 1 aromatic rings. The van der Waals surface area contributed by atoms with Crippen LogP contribution in [0.1, 0.15) is 133 Å². The Labute approximate surface area is 390 Å². The van der Waals surface area contributed by atoms with E-state index >= 15 is 0 Å². The smallest absolute Gasteiger partial charge is 0.407 e. The van der Waals surface area contributed by atoms with Crippen LogP contribution in [0.3, 0.4) is 0 Å². The molecule has 0 fully saturated rings. The highest BCUT2D eigenvalue weighted by Gasteiger charge is 2.34. The number of methoxy groups -OCH3 is 1. The van der Waals surface area contributed by atoms with Crippen LogP contribution in [0.2, 0.25) is 0 Å². The van der Waals surface area contributed by atoms with Gasteiger partial charge in [-0.15, -0.1) is 0 Å². The Hall–Kier alpha value is -5.66. The van der Waals surface area contributed by atoms with E-state index in [0.717, 1.165) is 0 Å². The lowest BCUT2D eigenvalue weighted by Crippen LogP contribution is -2.59. The average Bonchev–Trinajstić information content (AvgIpc) is 3.18. The summed E-state index contributed by atoms with van der Waals surface area (Å²) >= 11 is 0. The summed E-state index contributed by atoms with van der Waals surface area (Å²) in [4.78, 5) is 97.3. The third-order valence-corrected chi connectivity index (χ3v) is 9.29. The molecular formula is C46H79N9O11. The van der Waals surface area contributed by atoms with E-state index < -0.39 is 94.6 Å². The molecular weight excluding hydrogens is 855 g/mol. The van der Waals surface area contributed by atoms with Gasteiger partial charge in [0.15, 0.2) is 5.96 Å². The molecule has 66 heavy (non-hydrogen) atoms. The molecule has 374 valence electrons. The predicted molar refractivity (Wildman–Crippen MR) is 251 cm³/mol. The van der Waals surface area contributed by atoms with Crippen molar-refractivity contribution in [3.63, 3.8) is 0 Å². The molecule has 20 nitrogen and oxygen atoms in total. The second-order valence-electron chi connectivity index (χ2n) is 19.5. The van der Waals surface area contributed by atoms with Crippen molar-refractivity contribution in [3.05, 3.63) is 29.8 Å². The molecule has 1 aromatic carbocycles. The van der Waals surface area contributed by atoms with Crippen LogP contribution >= 0.6 is 0 Å². The molecule has 0 heterocycles. The molecule has 0 radical (unpaired) electrons. The van der Waals surface area contributed by atoms with Gasteiger partial charge in [-0.05, 0) is 131 Å². The van der Waals surface area contributed by atoms with Crippen molar-refractivity contribution >= 4 is 47.6 Å². The van der Waals surface area contributed by atoms with Gasteiger partial charge >= 0.3 is 18.0 Å². The number of hydrogen-bond donors (Lipinski definition) is 8. The molecule has 0 unspecified atom stereocenters.